The van der Waals surface area contributed by atoms with E-state index in [4.69, 9.17) is 5.11 Å². The number of hydrogen-bond acceptors (Lipinski definition) is 2. The molecule has 5 nitrogen and oxygen atoms in total. The first-order valence-electron chi connectivity index (χ1n) is 7.19. The molecule has 1 heterocycles. The molecule has 0 bridgehead atoms. The Kier molecular flexibility index (Phi) is 5.12. The number of urea groups is 1. The van der Waals surface area contributed by atoms with Crippen molar-refractivity contribution < 1.29 is 27.9 Å². The number of carboxylic acid groups (broad SMARTS) is 1. The van der Waals surface area contributed by atoms with Gasteiger partial charge in [0.25, 0.3) is 0 Å². The monoisotopic (exact) mass is 330 g/mol. The Bertz CT molecular complexity index is 590. The smallest absolute Gasteiger partial charge is 0.393 e. The molecule has 2 amide bonds. The van der Waals surface area contributed by atoms with E-state index in [0.717, 1.165) is 4.90 Å². The predicted octanol–water partition coefficient (Wildman–Crippen LogP) is 2.87. The van der Waals surface area contributed by atoms with Gasteiger partial charge in [-0.1, -0.05) is 12.1 Å². The van der Waals surface area contributed by atoms with Crippen LogP contribution in [0.25, 0.3) is 0 Å². The summed E-state index contributed by atoms with van der Waals surface area (Å²) in [6.45, 7) is 0.00517. The van der Waals surface area contributed by atoms with Gasteiger partial charge in [0.1, 0.15) is 0 Å². The number of rotatable bonds is 3. The molecule has 1 aromatic rings. The molecule has 23 heavy (non-hydrogen) atoms. The molecule has 2 N–H and O–H groups in total. The first-order chi connectivity index (χ1) is 10.8. The normalized spacial score (nSPS) is 18.6. The lowest BCUT2D eigenvalue weighted by Gasteiger charge is -2.33. The average Bonchev–Trinajstić information content (AvgIpc) is 2.52. The second kappa shape index (κ2) is 6.89. The number of alkyl halides is 3. The van der Waals surface area contributed by atoms with Gasteiger partial charge in [-0.05, 0) is 30.5 Å². The van der Waals surface area contributed by atoms with Gasteiger partial charge < -0.3 is 15.3 Å². The number of nitrogens with zero attached hydrogens (tertiary/aromatic N) is 1. The van der Waals surface area contributed by atoms with E-state index >= 15 is 0 Å². The highest BCUT2D eigenvalue weighted by Gasteiger charge is 2.42. The molecule has 8 heteroatoms. The highest BCUT2D eigenvalue weighted by molar-refractivity contribution is 5.87. The molecule has 0 spiro atoms. The van der Waals surface area contributed by atoms with E-state index < -0.39 is 24.1 Å². The minimum atomic E-state index is -4.30. The molecule has 1 fully saturated rings. The number of halogens is 3. The average molecular weight is 330 g/mol. The first-order valence-corrected chi connectivity index (χ1v) is 7.19. The van der Waals surface area contributed by atoms with Crippen LogP contribution >= 0.6 is 0 Å². The topological polar surface area (TPSA) is 69.6 Å². The summed E-state index contributed by atoms with van der Waals surface area (Å²) in [6.07, 6.45) is -3.95. The van der Waals surface area contributed by atoms with Crippen molar-refractivity contribution >= 4 is 12.0 Å². The van der Waals surface area contributed by atoms with Crippen LogP contribution in [0.1, 0.15) is 28.8 Å². The van der Waals surface area contributed by atoms with E-state index in [2.05, 4.69) is 5.32 Å². The number of aromatic carboxylic acids is 1. The molecule has 1 aliphatic heterocycles. The van der Waals surface area contributed by atoms with Gasteiger partial charge in [0.15, 0.2) is 0 Å². The van der Waals surface area contributed by atoms with E-state index in [1.807, 2.05) is 0 Å². The van der Waals surface area contributed by atoms with Gasteiger partial charge in [-0.2, -0.15) is 13.2 Å². The summed E-state index contributed by atoms with van der Waals surface area (Å²) in [7, 11) is 0. The van der Waals surface area contributed by atoms with Crippen LogP contribution in [-0.2, 0) is 6.54 Å². The molecule has 1 saturated heterocycles. The van der Waals surface area contributed by atoms with Crippen LogP contribution in [0, 0.1) is 5.92 Å². The van der Waals surface area contributed by atoms with Crippen molar-refractivity contribution in [1.29, 1.82) is 0 Å². The molecule has 1 aromatic carbocycles. The quantitative estimate of drug-likeness (QED) is 0.895. The van der Waals surface area contributed by atoms with Gasteiger partial charge in [0.2, 0.25) is 0 Å². The predicted molar refractivity (Wildman–Crippen MR) is 76.0 cm³/mol. The number of carbonyl (C=O) groups is 2. The maximum Gasteiger partial charge on any atom is 0.393 e. The van der Waals surface area contributed by atoms with Gasteiger partial charge in [-0.15, -0.1) is 0 Å². The fourth-order valence-electron chi connectivity index (χ4n) is 2.53. The van der Waals surface area contributed by atoms with Gasteiger partial charge in [-0.25, -0.2) is 9.59 Å². The number of carbonyl (C=O) groups excluding carboxylic acids is 1. The molecule has 0 radical (unpaired) electrons. The summed E-state index contributed by atoms with van der Waals surface area (Å²) in [5, 5.41) is 11.4. The van der Waals surface area contributed by atoms with Gasteiger partial charge in [0, 0.05) is 19.6 Å². The Morgan fingerprint density at radius 3 is 2.74 bits per heavy atom. The van der Waals surface area contributed by atoms with Crippen LogP contribution in [0.15, 0.2) is 24.3 Å². The second-order valence-corrected chi connectivity index (χ2v) is 5.49. The number of amides is 2. The molecule has 126 valence electrons. The van der Waals surface area contributed by atoms with E-state index in [9.17, 15) is 22.8 Å². The standard InChI is InChI=1S/C15H17F3N2O3/c16-15(17,18)12-5-2-6-20(9-12)14(23)19-8-10-3-1-4-11(7-10)13(21)22/h1,3-4,7,12H,2,5-6,8-9H2,(H,19,23)(H,21,22)/t12-/m0/s1. The Hall–Kier alpha value is -2.25. The summed E-state index contributed by atoms with van der Waals surface area (Å²) >= 11 is 0. The lowest BCUT2D eigenvalue weighted by molar-refractivity contribution is -0.184. The molecule has 0 saturated carbocycles. The number of benzene rings is 1. The third-order valence-electron chi connectivity index (χ3n) is 3.79. The lowest BCUT2D eigenvalue weighted by Crippen LogP contribution is -2.48. The number of piperidine rings is 1. The Balaban J connectivity index is 1.92. The van der Waals surface area contributed by atoms with Crippen LogP contribution in [0.2, 0.25) is 0 Å². The summed E-state index contributed by atoms with van der Waals surface area (Å²) in [4.78, 5) is 24.0. The molecular formula is C15H17F3N2O3. The third-order valence-corrected chi connectivity index (χ3v) is 3.79. The van der Waals surface area contributed by atoms with E-state index in [0.29, 0.717) is 12.0 Å². The van der Waals surface area contributed by atoms with Gasteiger partial charge in [-0.3, -0.25) is 0 Å². The molecule has 1 atom stereocenters. The van der Waals surface area contributed by atoms with Crippen molar-refractivity contribution in [2.24, 2.45) is 5.92 Å². The summed E-state index contributed by atoms with van der Waals surface area (Å²) in [5.41, 5.74) is 0.662. The van der Waals surface area contributed by atoms with Crippen LogP contribution in [0.3, 0.4) is 0 Å². The third kappa shape index (κ3) is 4.61. The SMILES string of the molecule is O=C(O)c1cccc(CNC(=O)N2CCC[C@H](C(F)(F)F)C2)c1. The van der Waals surface area contributed by atoms with Crippen molar-refractivity contribution in [1.82, 2.24) is 10.2 Å². The molecule has 2 rings (SSSR count). The molecular weight excluding hydrogens is 313 g/mol. The Labute approximate surface area is 131 Å². The van der Waals surface area contributed by atoms with Gasteiger partial charge in [0.05, 0.1) is 11.5 Å². The minimum absolute atomic E-state index is 0.0357. The van der Waals surface area contributed by atoms with E-state index in [-0.39, 0.29) is 31.6 Å². The lowest BCUT2D eigenvalue weighted by atomic mass is 9.98. The summed E-state index contributed by atoms with van der Waals surface area (Å²) in [5.74, 6) is -2.57. The summed E-state index contributed by atoms with van der Waals surface area (Å²) < 4.78 is 38.2. The highest BCUT2D eigenvalue weighted by atomic mass is 19.4. The maximum absolute atomic E-state index is 12.7. The van der Waals surface area contributed by atoms with Crippen LogP contribution in [0.4, 0.5) is 18.0 Å². The van der Waals surface area contributed by atoms with Crippen molar-refractivity contribution in [3.05, 3.63) is 35.4 Å². The Morgan fingerprint density at radius 2 is 2.09 bits per heavy atom. The van der Waals surface area contributed by atoms with Crippen LogP contribution < -0.4 is 5.32 Å². The maximum atomic E-state index is 12.7. The number of carboxylic acids is 1. The zero-order chi connectivity index (χ0) is 17.0. The second-order valence-electron chi connectivity index (χ2n) is 5.49. The van der Waals surface area contributed by atoms with Crippen molar-refractivity contribution in [3.8, 4) is 0 Å². The largest absolute Gasteiger partial charge is 0.478 e. The highest BCUT2D eigenvalue weighted by Crippen LogP contribution is 2.33. The zero-order valence-corrected chi connectivity index (χ0v) is 12.3. The molecule has 1 aliphatic rings. The van der Waals surface area contributed by atoms with Crippen molar-refractivity contribution in [2.75, 3.05) is 13.1 Å². The number of likely N-dealkylation sites (tertiary alicyclic amines) is 1. The van der Waals surface area contributed by atoms with Crippen molar-refractivity contribution in [3.63, 3.8) is 0 Å². The van der Waals surface area contributed by atoms with Crippen LogP contribution in [-0.4, -0.2) is 41.3 Å². The Morgan fingerprint density at radius 1 is 1.35 bits per heavy atom. The summed E-state index contributed by atoms with van der Waals surface area (Å²) in [6, 6.07) is 5.45. The van der Waals surface area contributed by atoms with Gasteiger partial charge >= 0.3 is 18.2 Å². The minimum Gasteiger partial charge on any atom is -0.478 e. The van der Waals surface area contributed by atoms with E-state index in [1.165, 1.54) is 12.1 Å². The molecule has 0 aromatic heterocycles. The number of hydrogen-bond donors (Lipinski definition) is 2. The fraction of sp³-hybridized carbons (Fsp3) is 0.467. The number of nitrogens with one attached hydrogen (secondary N) is 1. The van der Waals surface area contributed by atoms with Crippen molar-refractivity contribution in [2.45, 2.75) is 25.6 Å². The van der Waals surface area contributed by atoms with Crippen LogP contribution in [0.5, 0.6) is 0 Å². The van der Waals surface area contributed by atoms with E-state index in [1.54, 1.807) is 12.1 Å². The molecule has 0 aliphatic carbocycles. The zero-order valence-electron chi connectivity index (χ0n) is 12.3. The first kappa shape index (κ1) is 17.1. The molecule has 0 unspecified atom stereocenters. The fourth-order valence-corrected chi connectivity index (χ4v) is 2.53.